The van der Waals surface area contributed by atoms with Crippen molar-refractivity contribution in [3.05, 3.63) is 42.3 Å². The molecule has 0 amide bonds. The van der Waals surface area contributed by atoms with Crippen LogP contribution in [0.15, 0.2) is 30.3 Å². The summed E-state index contributed by atoms with van der Waals surface area (Å²) in [5.41, 5.74) is 1.32. The van der Waals surface area contributed by atoms with E-state index in [0.29, 0.717) is 0 Å². The minimum atomic E-state index is 1.06. The molecule has 77 valence electrons. The van der Waals surface area contributed by atoms with Crippen LogP contribution in [0.25, 0.3) is 0 Å². The average molecular weight is 190 g/mol. The van der Waals surface area contributed by atoms with E-state index in [4.69, 9.17) is 0 Å². The lowest BCUT2D eigenvalue weighted by Crippen LogP contribution is -2.25. The molecule has 0 aromatic heterocycles. The molecule has 0 N–H and O–H groups in total. The predicted molar refractivity (Wildman–Crippen MR) is 62.2 cm³/mol. The zero-order valence-corrected chi connectivity index (χ0v) is 9.24. The average Bonchev–Trinajstić information content (AvgIpc) is 2.25. The van der Waals surface area contributed by atoms with Gasteiger partial charge >= 0.3 is 0 Å². The highest BCUT2D eigenvalue weighted by Crippen LogP contribution is 2.03. The summed E-state index contributed by atoms with van der Waals surface area (Å²) in [6.45, 7) is 7.84. The molecule has 1 aromatic carbocycles. The summed E-state index contributed by atoms with van der Waals surface area (Å²) in [7, 11) is 0. The van der Waals surface area contributed by atoms with Gasteiger partial charge in [0.2, 0.25) is 0 Å². The Morgan fingerprint density at radius 2 is 1.86 bits per heavy atom. The third-order valence-electron chi connectivity index (χ3n) is 2.37. The minimum Gasteiger partial charge on any atom is -0.303 e. The van der Waals surface area contributed by atoms with Crippen molar-refractivity contribution < 1.29 is 0 Å². The molecule has 0 unspecified atom stereocenters. The quantitative estimate of drug-likeness (QED) is 0.666. The highest BCUT2D eigenvalue weighted by atomic mass is 15.1. The molecule has 0 atom stereocenters. The molecule has 1 aromatic rings. The van der Waals surface area contributed by atoms with Crippen molar-refractivity contribution in [2.45, 2.75) is 20.3 Å². The van der Waals surface area contributed by atoms with E-state index in [9.17, 15) is 0 Å². The Morgan fingerprint density at radius 3 is 2.43 bits per heavy atom. The van der Waals surface area contributed by atoms with Crippen LogP contribution in [0, 0.1) is 6.42 Å². The molecule has 1 rings (SSSR count). The van der Waals surface area contributed by atoms with Crippen LogP contribution in [-0.4, -0.2) is 24.5 Å². The first kappa shape index (κ1) is 11.3. The molecule has 0 spiro atoms. The molecule has 0 heterocycles. The summed E-state index contributed by atoms with van der Waals surface area (Å²) in [4.78, 5) is 2.45. The number of hydrogen-bond acceptors (Lipinski definition) is 1. The van der Waals surface area contributed by atoms with Crippen molar-refractivity contribution in [1.82, 2.24) is 4.90 Å². The lowest BCUT2D eigenvalue weighted by atomic mass is 10.1. The SMILES string of the molecule is CCCN(CC)C[CH]c1ccccc1. The van der Waals surface area contributed by atoms with Gasteiger partial charge in [0.1, 0.15) is 0 Å². The van der Waals surface area contributed by atoms with Gasteiger partial charge in [0.05, 0.1) is 0 Å². The molecule has 0 aliphatic rings. The second kappa shape index (κ2) is 6.61. The fourth-order valence-electron chi connectivity index (χ4n) is 1.52. The van der Waals surface area contributed by atoms with Gasteiger partial charge in [-0.1, -0.05) is 44.2 Å². The van der Waals surface area contributed by atoms with E-state index >= 15 is 0 Å². The van der Waals surface area contributed by atoms with Gasteiger partial charge in [0.25, 0.3) is 0 Å². The van der Waals surface area contributed by atoms with E-state index < -0.39 is 0 Å². The molecular formula is C13H20N. The van der Waals surface area contributed by atoms with Crippen LogP contribution in [-0.2, 0) is 0 Å². The zero-order valence-electron chi connectivity index (χ0n) is 9.24. The van der Waals surface area contributed by atoms with Gasteiger partial charge in [0, 0.05) is 13.0 Å². The number of hydrogen-bond donors (Lipinski definition) is 0. The number of rotatable bonds is 6. The van der Waals surface area contributed by atoms with Crippen LogP contribution in [0.3, 0.4) is 0 Å². The van der Waals surface area contributed by atoms with Gasteiger partial charge in [-0.15, -0.1) is 0 Å². The largest absolute Gasteiger partial charge is 0.303 e. The van der Waals surface area contributed by atoms with Crippen molar-refractivity contribution in [2.24, 2.45) is 0 Å². The second-order valence-corrected chi connectivity index (χ2v) is 3.51. The van der Waals surface area contributed by atoms with Crippen molar-refractivity contribution in [3.8, 4) is 0 Å². The molecule has 14 heavy (non-hydrogen) atoms. The second-order valence-electron chi connectivity index (χ2n) is 3.51. The van der Waals surface area contributed by atoms with E-state index in [1.165, 1.54) is 18.5 Å². The third kappa shape index (κ3) is 3.93. The van der Waals surface area contributed by atoms with Gasteiger partial charge < -0.3 is 4.90 Å². The number of nitrogens with zero attached hydrogens (tertiary/aromatic N) is 1. The Hall–Kier alpha value is -0.820. The fourth-order valence-corrected chi connectivity index (χ4v) is 1.52. The summed E-state index contributed by atoms with van der Waals surface area (Å²) in [5.74, 6) is 0. The van der Waals surface area contributed by atoms with E-state index in [2.05, 4.69) is 55.5 Å². The van der Waals surface area contributed by atoms with Gasteiger partial charge in [-0.2, -0.15) is 0 Å². The number of benzene rings is 1. The normalized spacial score (nSPS) is 10.8. The highest BCUT2D eigenvalue weighted by molar-refractivity contribution is 5.22. The van der Waals surface area contributed by atoms with Crippen LogP contribution in [0.4, 0.5) is 0 Å². The predicted octanol–water partition coefficient (Wildman–Crippen LogP) is 2.97. The first-order valence-corrected chi connectivity index (χ1v) is 5.47. The molecule has 0 saturated carbocycles. The van der Waals surface area contributed by atoms with E-state index in [1.807, 2.05) is 0 Å². The van der Waals surface area contributed by atoms with Crippen molar-refractivity contribution in [2.75, 3.05) is 19.6 Å². The van der Waals surface area contributed by atoms with Gasteiger partial charge in [-0.05, 0) is 25.1 Å². The molecule has 1 radical (unpaired) electrons. The molecule has 0 saturated heterocycles. The third-order valence-corrected chi connectivity index (χ3v) is 2.37. The lowest BCUT2D eigenvalue weighted by Gasteiger charge is -2.18. The molecular weight excluding hydrogens is 170 g/mol. The van der Waals surface area contributed by atoms with Crippen molar-refractivity contribution >= 4 is 0 Å². The monoisotopic (exact) mass is 190 g/mol. The lowest BCUT2D eigenvalue weighted by molar-refractivity contribution is 0.313. The molecule has 1 heteroatoms. The molecule has 0 aliphatic carbocycles. The smallest absolute Gasteiger partial charge is 0.00565 e. The topological polar surface area (TPSA) is 3.24 Å². The Bertz CT molecular complexity index is 230. The molecule has 1 nitrogen and oxygen atoms in total. The first-order valence-electron chi connectivity index (χ1n) is 5.47. The van der Waals surface area contributed by atoms with E-state index in [0.717, 1.165) is 13.1 Å². The molecule has 0 fully saturated rings. The summed E-state index contributed by atoms with van der Waals surface area (Å²) in [6, 6.07) is 10.5. The highest BCUT2D eigenvalue weighted by Gasteiger charge is 2.00. The zero-order chi connectivity index (χ0) is 10.2. The van der Waals surface area contributed by atoms with Crippen molar-refractivity contribution in [1.29, 1.82) is 0 Å². The number of likely N-dealkylation sites (N-methyl/N-ethyl adjacent to an activating group) is 1. The Balaban J connectivity index is 2.32. The maximum absolute atomic E-state index is 2.45. The van der Waals surface area contributed by atoms with Gasteiger partial charge in [-0.25, -0.2) is 0 Å². The Morgan fingerprint density at radius 1 is 1.14 bits per heavy atom. The van der Waals surface area contributed by atoms with Crippen LogP contribution in [0.5, 0.6) is 0 Å². The van der Waals surface area contributed by atoms with Crippen LogP contribution in [0.2, 0.25) is 0 Å². The van der Waals surface area contributed by atoms with Gasteiger partial charge in [0.15, 0.2) is 0 Å². The van der Waals surface area contributed by atoms with Crippen LogP contribution in [0.1, 0.15) is 25.8 Å². The Labute approximate surface area is 87.7 Å². The van der Waals surface area contributed by atoms with Crippen molar-refractivity contribution in [3.63, 3.8) is 0 Å². The van der Waals surface area contributed by atoms with Crippen LogP contribution < -0.4 is 0 Å². The fraction of sp³-hybridized carbons (Fsp3) is 0.462. The maximum Gasteiger partial charge on any atom is 0.00565 e. The summed E-state index contributed by atoms with van der Waals surface area (Å²) >= 11 is 0. The summed E-state index contributed by atoms with van der Waals surface area (Å²) in [6.07, 6.45) is 3.52. The van der Waals surface area contributed by atoms with E-state index in [-0.39, 0.29) is 0 Å². The Kier molecular flexibility index (Phi) is 5.31. The van der Waals surface area contributed by atoms with Crippen LogP contribution >= 0.6 is 0 Å². The van der Waals surface area contributed by atoms with Gasteiger partial charge in [-0.3, -0.25) is 0 Å². The first-order chi connectivity index (χ1) is 6.86. The maximum atomic E-state index is 2.45. The summed E-state index contributed by atoms with van der Waals surface area (Å²) < 4.78 is 0. The van der Waals surface area contributed by atoms with E-state index in [1.54, 1.807) is 0 Å². The molecule has 0 bridgehead atoms. The minimum absolute atomic E-state index is 1.06. The standard InChI is InChI=1S/C13H20N/c1-3-11-14(4-2)12-10-13-8-6-5-7-9-13/h5-10H,3-4,11-12H2,1-2H3. The summed E-state index contributed by atoms with van der Waals surface area (Å²) in [5, 5.41) is 0. The molecule has 0 aliphatic heterocycles.